The maximum absolute atomic E-state index is 11.2. The van der Waals surface area contributed by atoms with E-state index in [2.05, 4.69) is 6.92 Å². The molecule has 0 aromatic heterocycles. The van der Waals surface area contributed by atoms with Gasteiger partial charge in [0.1, 0.15) is 13.2 Å². The highest BCUT2D eigenvalue weighted by Gasteiger charge is 2.25. The Bertz CT molecular complexity index is 187. The molecule has 1 rings (SSSR count). The van der Waals surface area contributed by atoms with Crippen molar-refractivity contribution in [3.8, 4) is 0 Å². The zero-order chi connectivity index (χ0) is 9.68. The lowest BCUT2D eigenvalue weighted by molar-refractivity contribution is -0.158. The van der Waals surface area contributed by atoms with E-state index in [-0.39, 0.29) is 25.0 Å². The van der Waals surface area contributed by atoms with E-state index in [0.717, 1.165) is 19.3 Å². The van der Waals surface area contributed by atoms with Crippen molar-refractivity contribution in [3.63, 3.8) is 0 Å². The van der Waals surface area contributed by atoms with Gasteiger partial charge in [0.2, 0.25) is 0 Å². The van der Waals surface area contributed by atoms with Crippen LogP contribution in [0.25, 0.3) is 0 Å². The second kappa shape index (κ2) is 4.97. The van der Waals surface area contributed by atoms with E-state index in [4.69, 9.17) is 4.74 Å². The summed E-state index contributed by atoms with van der Waals surface area (Å²) < 4.78 is 4.79. The minimum absolute atomic E-state index is 0.0534. The number of unbranched alkanes of at least 4 members (excludes halogenated alkanes) is 2. The van der Waals surface area contributed by atoms with Crippen molar-refractivity contribution < 1.29 is 14.3 Å². The molecule has 0 saturated carbocycles. The van der Waals surface area contributed by atoms with Gasteiger partial charge in [0.25, 0.3) is 11.8 Å². The minimum atomic E-state index is -0.202. The average molecular weight is 185 g/mol. The number of amides is 2. The Morgan fingerprint density at radius 2 is 1.85 bits per heavy atom. The molecule has 1 aliphatic rings. The first-order chi connectivity index (χ1) is 6.25. The van der Waals surface area contributed by atoms with E-state index in [0.29, 0.717) is 6.54 Å². The number of carbonyl (C=O) groups excluding carboxylic acids is 2. The van der Waals surface area contributed by atoms with Crippen LogP contribution in [0.4, 0.5) is 0 Å². The summed E-state index contributed by atoms with van der Waals surface area (Å²) in [5.74, 6) is -0.403. The summed E-state index contributed by atoms with van der Waals surface area (Å²) in [5.41, 5.74) is 0. The molecule has 1 aliphatic heterocycles. The van der Waals surface area contributed by atoms with Crippen molar-refractivity contribution in [1.29, 1.82) is 0 Å². The van der Waals surface area contributed by atoms with Crippen molar-refractivity contribution in [3.05, 3.63) is 0 Å². The highest BCUT2D eigenvalue weighted by Crippen LogP contribution is 2.04. The second-order valence-corrected chi connectivity index (χ2v) is 3.14. The quantitative estimate of drug-likeness (QED) is 0.475. The SMILES string of the molecule is CCCCCN1C(=O)COCC1=O. The lowest BCUT2D eigenvalue weighted by atomic mass is 10.2. The summed E-state index contributed by atoms with van der Waals surface area (Å²) in [6, 6.07) is 0. The molecule has 74 valence electrons. The van der Waals surface area contributed by atoms with Gasteiger partial charge in [-0.3, -0.25) is 14.5 Å². The molecule has 0 aromatic carbocycles. The molecule has 0 aliphatic carbocycles. The van der Waals surface area contributed by atoms with Crippen LogP contribution in [0.1, 0.15) is 26.2 Å². The Labute approximate surface area is 77.8 Å². The molecule has 1 fully saturated rings. The zero-order valence-corrected chi connectivity index (χ0v) is 7.91. The van der Waals surface area contributed by atoms with E-state index >= 15 is 0 Å². The van der Waals surface area contributed by atoms with Gasteiger partial charge in [-0.1, -0.05) is 19.8 Å². The molecule has 13 heavy (non-hydrogen) atoms. The van der Waals surface area contributed by atoms with Gasteiger partial charge in [-0.25, -0.2) is 0 Å². The summed E-state index contributed by atoms with van der Waals surface area (Å²) in [7, 11) is 0. The normalized spacial score (nSPS) is 18.1. The third-order valence-electron chi connectivity index (χ3n) is 2.04. The lowest BCUT2D eigenvalue weighted by Crippen LogP contribution is -2.46. The van der Waals surface area contributed by atoms with Crippen LogP contribution in [0, 0.1) is 0 Å². The van der Waals surface area contributed by atoms with Crippen molar-refractivity contribution in [2.75, 3.05) is 19.8 Å². The third-order valence-corrected chi connectivity index (χ3v) is 2.04. The Kier molecular flexibility index (Phi) is 3.89. The molecule has 0 aromatic rings. The molecule has 0 spiro atoms. The van der Waals surface area contributed by atoms with Crippen molar-refractivity contribution in [2.24, 2.45) is 0 Å². The Balaban J connectivity index is 2.35. The molecule has 2 amide bonds. The molecule has 0 radical (unpaired) electrons. The number of ether oxygens (including phenoxy) is 1. The van der Waals surface area contributed by atoms with Gasteiger partial charge in [0, 0.05) is 6.54 Å². The Hall–Kier alpha value is -0.900. The molecule has 4 heteroatoms. The maximum atomic E-state index is 11.2. The molecular weight excluding hydrogens is 170 g/mol. The van der Waals surface area contributed by atoms with Crippen LogP contribution in [0.2, 0.25) is 0 Å². The van der Waals surface area contributed by atoms with Gasteiger partial charge in [-0.05, 0) is 6.42 Å². The number of imide groups is 1. The maximum Gasteiger partial charge on any atom is 0.255 e. The standard InChI is InChI=1S/C9H15NO3/c1-2-3-4-5-10-8(11)6-13-7-9(10)12/h2-7H2,1H3. The summed E-state index contributed by atoms with van der Waals surface area (Å²) in [4.78, 5) is 23.7. The highest BCUT2D eigenvalue weighted by molar-refractivity contribution is 5.98. The van der Waals surface area contributed by atoms with Gasteiger partial charge >= 0.3 is 0 Å². The number of hydrogen-bond acceptors (Lipinski definition) is 3. The molecule has 0 bridgehead atoms. The lowest BCUT2D eigenvalue weighted by Gasteiger charge is -2.24. The molecule has 0 unspecified atom stereocenters. The van der Waals surface area contributed by atoms with Crippen LogP contribution in [-0.4, -0.2) is 36.5 Å². The average Bonchev–Trinajstić information content (AvgIpc) is 2.10. The number of hydrogen-bond donors (Lipinski definition) is 0. The van der Waals surface area contributed by atoms with E-state index in [9.17, 15) is 9.59 Å². The van der Waals surface area contributed by atoms with Gasteiger partial charge < -0.3 is 4.74 Å². The fourth-order valence-corrected chi connectivity index (χ4v) is 1.29. The van der Waals surface area contributed by atoms with Gasteiger partial charge in [-0.2, -0.15) is 0 Å². The van der Waals surface area contributed by atoms with E-state index in [1.807, 2.05) is 0 Å². The van der Waals surface area contributed by atoms with Crippen molar-refractivity contribution >= 4 is 11.8 Å². The number of rotatable bonds is 4. The third kappa shape index (κ3) is 2.81. The number of nitrogens with zero attached hydrogens (tertiary/aromatic N) is 1. The number of carbonyl (C=O) groups is 2. The monoisotopic (exact) mass is 185 g/mol. The predicted molar refractivity (Wildman–Crippen MR) is 47.1 cm³/mol. The van der Waals surface area contributed by atoms with Gasteiger partial charge in [-0.15, -0.1) is 0 Å². The van der Waals surface area contributed by atoms with Crippen LogP contribution in [-0.2, 0) is 14.3 Å². The molecule has 0 N–H and O–H groups in total. The summed E-state index contributed by atoms with van der Waals surface area (Å²) in [6.45, 7) is 2.74. The first-order valence-electron chi connectivity index (χ1n) is 4.66. The highest BCUT2D eigenvalue weighted by atomic mass is 16.5. The summed E-state index contributed by atoms with van der Waals surface area (Å²) in [6.07, 6.45) is 3.04. The largest absolute Gasteiger partial charge is 0.362 e. The smallest absolute Gasteiger partial charge is 0.255 e. The minimum Gasteiger partial charge on any atom is -0.362 e. The molecular formula is C9H15NO3. The second-order valence-electron chi connectivity index (χ2n) is 3.14. The predicted octanol–water partition coefficient (Wildman–Crippen LogP) is 0.562. The molecule has 1 saturated heterocycles. The topological polar surface area (TPSA) is 46.6 Å². The molecule has 0 atom stereocenters. The number of morpholine rings is 1. The van der Waals surface area contributed by atoms with Gasteiger partial charge in [0.05, 0.1) is 0 Å². The van der Waals surface area contributed by atoms with Crippen LogP contribution in [0.5, 0.6) is 0 Å². The van der Waals surface area contributed by atoms with E-state index < -0.39 is 0 Å². The first kappa shape index (κ1) is 10.2. The fraction of sp³-hybridized carbons (Fsp3) is 0.778. The fourth-order valence-electron chi connectivity index (χ4n) is 1.29. The molecule has 1 heterocycles. The van der Waals surface area contributed by atoms with E-state index in [1.165, 1.54) is 4.90 Å². The van der Waals surface area contributed by atoms with Crippen LogP contribution >= 0.6 is 0 Å². The van der Waals surface area contributed by atoms with Gasteiger partial charge in [0.15, 0.2) is 0 Å². The van der Waals surface area contributed by atoms with Crippen LogP contribution in [0.15, 0.2) is 0 Å². The Morgan fingerprint density at radius 1 is 1.23 bits per heavy atom. The zero-order valence-electron chi connectivity index (χ0n) is 7.91. The molecule has 4 nitrogen and oxygen atoms in total. The van der Waals surface area contributed by atoms with Crippen LogP contribution in [0.3, 0.4) is 0 Å². The van der Waals surface area contributed by atoms with E-state index in [1.54, 1.807) is 0 Å². The van der Waals surface area contributed by atoms with Crippen molar-refractivity contribution in [1.82, 2.24) is 4.90 Å². The summed E-state index contributed by atoms with van der Waals surface area (Å²) in [5, 5.41) is 0. The van der Waals surface area contributed by atoms with Crippen LogP contribution < -0.4 is 0 Å². The Morgan fingerprint density at radius 3 is 2.38 bits per heavy atom. The van der Waals surface area contributed by atoms with Crippen molar-refractivity contribution in [2.45, 2.75) is 26.2 Å². The summed E-state index contributed by atoms with van der Waals surface area (Å²) >= 11 is 0. The first-order valence-corrected chi connectivity index (χ1v) is 4.66.